The van der Waals surface area contributed by atoms with E-state index in [0.717, 1.165) is 27.8 Å². The Hall–Kier alpha value is -5.62. The van der Waals surface area contributed by atoms with Gasteiger partial charge in [0.15, 0.2) is 17.5 Å². The van der Waals surface area contributed by atoms with E-state index in [0.29, 0.717) is 23.0 Å². The van der Waals surface area contributed by atoms with Gasteiger partial charge in [0.05, 0.1) is 15.1 Å². The monoisotopic (exact) mass is 554 g/mol. The zero-order chi connectivity index (χ0) is 36.2. The van der Waals surface area contributed by atoms with Crippen molar-refractivity contribution in [2.24, 2.45) is 14.0 Å². The minimum absolute atomic E-state index is 0.103. The zero-order valence-electron chi connectivity index (χ0n) is 31.0. The van der Waals surface area contributed by atoms with Crippen molar-refractivity contribution in [3.8, 4) is 56.4 Å². The number of benzene rings is 5. The summed E-state index contributed by atoms with van der Waals surface area (Å²) in [5.41, 5.74) is 1.77. The van der Waals surface area contributed by atoms with Gasteiger partial charge in [-0.1, -0.05) is 115 Å². The van der Waals surface area contributed by atoms with Crippen LogP contribution in [0.25, 0.3) is 67.5 Å². The molecular weight excluding hydrogens is 518 g/mol. The van der Waals surface area contributed by atoms with Crippen LogP contribution in [0.15, 0.2) is 132 Å². The number of nitrogens with zero attached hydrogens (tertiary/aromatic N) is 5. The van der Waals surface area contributed by atoms with Crippen molar-refractivity contribution in [3.63, 3.8) is 0 Å². The second-order valence-electron chi connectivity index (χ2n) is 9.59. The van der Waals surface area contributed by atoms with Crippen molar-refractivity contribution in [1.82, 2.24) is 24.1 Å². The lowest BCUT2D eigenvalue weighted by atomic mass is 9.99. The summed E-state index contributed by atoms with van der Waals surface area (Å²) < 4.78 is 73.8. The van der Waals surface area contributed by atoms with E-state index in [1.54, 1.807) is 24.3 Å². The first-order chi connectivity index (χ1) is 24.2. The van der Waals surface area contributed by atoms with E-state index in [9.17, 15) is 4.79 Å². The number of hydrogen-bond acceptors (Lipinski definition) is 4. The summed E-state index contributed by atoms with van der Waals surface area (Å²) in [4.78, 5) is 27.4. The summed E-state index contributed by atoms with van der Waals surface area (Å²) in [5, 5.41) is 0. The van der Waals surface area contributed by atoms with Gasteiger partial charge in [-0.25, -0.2) is 19.7 Å². The van der Waals surface area contributed by atoms with Gasteiger partial charge in [0, 0.05) is 38.9 Å². The van der Waals surface area contributed by atoms with Crippen molar-refractivity contribution in [2.45, 2.75) is 0 Å². The smallest absolute Gasteiger partial charge is 0.295 e. The highest BCUT2D eigenvalue weighted by Crippen LogP contribution is 2.29. The van der Waals surface area contributed by atoms with E-state index in [1.807, 2.05) is 84.9 Å². The average Bonchev–Trinajstić information content (AvgIpc) is 3.46. The van der Waals surface area contributed by atoms with Crippen LogP contribution in [0.4, 0.5) is 0 Å². The van der Waals surface area contributed by atoms with Crippen LogP contribution < -0.4 is 5.69 Å². The van der Waals surface area contributed by atoms with Gasteiger partial charge in [-0.05, 0) is 34.3 Å². The second-order valence-corrected chi connectivity index (χ2v) is 9.59. The summed E-state index contributed by atoms with van der Waals surface area (Å²) in [6.45, 7) is -6.28. The molecule has 42 heavy (non-hydrogen) atoms. The highest BCUT2D eigenvalue weighted by molar-refractivity contribution is 5.83. The SMILES string of the molecule is [2H]c1c(-c2ccc(-c3ccc(-c4nc(-c5ccccc5)nc(-c5ccccc5)n4)cc3)cc2)c([2H])c2c(c1[2H])n(C([2H])([2H])[2H])c(=O)n2C([2H])([2H])[2H]. The summed E-state index contributed by atoms with van der Waals surface area (Å²) in [6.07, 6.45) is 0. The van der Waals surface area contributed by atoms with Gasteiger partial charge in [-0.2, -0.15) is 0 Å². The van der Waals surface area contributed by atoms with Gasteiger partial charge in [-0.3, -0.25) is 9.13 Å². The lowest BCUT2D eigenvalue weighted by Gasteiger charge is -2.09. The van der Waals surface area contributed by atoms with Crippen LogP contribution in [0.3, 0.4) is 0 Å². The molecule has 0 radical (unpaired) electrons. The maximum atomic E-state index is 13.1. The van der Waals surface area contributed by atoms with Gasteiger partial charge in [0.1, 0.15) is 0 Å². The summed E-state index contributed by atoms with van der Waals surface area (Å²) in [6, 6.07) is 32.0. The number of aromatic nitrogens is 5. The highest BCUT2D eigenvalue weighted by Gasteiger charge is 2.13. The third-order valence-electron chi connectivity index (χ3n) is 6.95. The molecule has 0 saturated carbocycles. The minimum atomic E-state index is -3.14. The third-order valence-corrected chi connectivity index (χ3v) is 6.95. The van der Waals surface area contributed by atoms with Crippen LogP contribution in [0.2, 0.25) is 0 Å². The predicted octanol–water partition coefficient (Wildman–Crippen LogP) is 7.40. The van der Waals surface area contributed by atoms with Crippen LogP contribution in [0, 0.1) is 0 Å². The van der Waals surface area contributed by atoms with Gasteiger partial charge >= 0.3 is 5.69 Å². The van der Waals surface area contributed by atoms with Gasteiger partial charge in [0.25, 0.3) is 0 Å². The Labute approximate surface area is 255 Å². The Bertz CT molecular complexity index is 2420. The van der Waals surface area contributed by atoms with E-state index in [4.69, 9.17) is 27.3 Å². The number of aryl methyl sites for hydroxylation is 2. The maximum absolute atomic E-state index is 13.1. The van der Waals surface area contributed by atoms with Crippen LogP contribution >= 0.6 is 0 Å². The lowest BCUT2D eigenvalue weighted by Crippen LogP contribution is -2.19. The zero-order valence-corrected chi connectivity index (χ0v) is 22.0. The standard InChI is InChI=1S/C36H27N5O/c1-40-31-22-21-30(23-32(31)41(2)36(40)42)26-15-13-24(14-16-26)25-17-19-29(20-18-25)35-38-33(27-9-5-3-6-10-27)37-34(39-35)28-11-7-4-8-12-28/h3-23H,1-2H3/i1D3,2D3,21D,22D,23D. The Morgan fingerprint density at radius 2 is 0.905 bits per heavy atom. The molecule has 2 aromatic heterocycles. The molecule has 7 aromatic rings. The van der Waals surface area contributed by atoms with Gasteiger partial charge in [0.2, 0.25) is 0 Å². The second kappa shape index (κ2) is 10.4. The van der Waals surface area contributed by atoms with Crippen LogP contribution in [0.1, 0.15) is 12.3 Å². The number of imidazole rings is 1. The fourth-order valence-corrected chi connectivity index (χ4v) is 4.73. The fraction of sp³-hybridized carbons (Fsp3) is 0.0556. The first kappa shape index (κ1) is 17.3. The molecule has 7 rings (SSSR count). The molecule has 0 fully saturated rings. The molecule has 2 heterocycles. The number of fused-ring (bicyclic) bond motifs is 1. The molecule has 0 unspecified atom stereocenters. The molecule has 0 aliphatic rings. The molecule has 6 heteroatoms. The Kier molecular flexibility index (Phi) is 4.28. The molecule has 202 valence electrons. The van der Waals surface area contributed by atoms with E-state index in [1.165, 1.54) is 0 Å². The average molecular weight is 555 g/mol. The molecule has 6 nitrogen and oxygen atoms in total. The molecule has 0 aliphatic heterocycles. The van der Waals surface area contributed by atoms with Crippen molar-refractivity contribution < 1.29 is 12.3 Å². The molecule has 0 N–H and O–H groups in total. The molecule has 0 atom stereocenters. The summed E-state index contributed by atoms with van der Waals surface area (Å²) in [5.74, 6) is 1.59. The number of rotatable bonds is 5. The lowest BCUT2D eigenvalue weighted by molar-refractivity contribution is 0.795. The summed E-state index contributed by atoms with van der Waals surface area (Å²) >= 11 is 0. The van der Waals surface area contributed by atoms with E-state index < -0.39 is 48.8 Å². The van der Waals surface area contributed by atoms with Crippen LogP contribution in [-0.4, -0.2) is 24.1 Å². The van der Waals surface area contributed by atoms with Gasteiger partial charge < -0.3 is 0 Å². The van der Waals surface area contributed by atoms with Crippen molar-refractivity contribution in [2.75, 3.05) is 0 Å². The molecule has 5 aromatic carbocycles. The van der Waals surface area contributed by atoms with E-state index in [2.05, 4.69) is 0 Å². The van der Waals surface area contributed by atoms with Crippen molar-refractivity contribution >= 4 is 11.0 Å². The topological polar surface area (TPSA) is 65.6 Å². The largest absolute Gasteiger partial charge is 0.328 e. The molecule has 0 amide bonds. The Morgan fingerprint density at radius 3 is 1.38 bits per heavy atom. The van der Waals surface area contributed by atoms with E-state index >= 15 is 0 Å². The first-order valence-electron chi connectivity index (χ1n) is 17.6. The fourth-order valence-electron chi connectivity index (χ4n) is 4.73. The van der Waals surface area contributed by atoms with E-state index in [-0.39, 0.29) is 14.7 Å². The van der Waals surface area contributed by atoms with Crippen molar-refractivity contribution in [3.05, 3.63) is 138 Å². The minimum Gasteiger partial charge on any atom is -0.295 e. The molecule has 0 spiro atoms. The predicted molar refractivity (Wildman–Crippen MR) is 169 cm³/mol. The van der Waals surface area contributed by atoms with Gasteiger partial charge in [-0.15, -0.1) is 0 Å². The van der Waals surface area contributed by atoms with Crippen LogP contribution in [0.5, 0.6) is 0 Å². The molecule has 0 bridgehead atoms. The normalized spacial score (nSPS) is 14.9. The molecule has 0 saturated heterocycles. The third kappa shape index (κ3) is 4.59. The maximum Gasteiger partial charge on any atom is 0.328 e. The quantitative estimate of drug-likeness (QED) is 0.222. The summed E-state index contributed by atoms with van der Waals surface area (Å²) in [7, 11) is 0. The Balaban J connectivity index is 1.27. The highest BCUT2D eigenvalue weighted by atomic mass is 16.1. The molecular formula is C36H27N5O. The first-order valence-corrected chi connectivity index (χ1v) is 13.1. The van der Waals surface area contributed by atoms with Crippen molar-refractivity contribution in [1.29, 1.82) is 0 Å². The van der Waals surface area contributed by atoms with Crippen LogP contribution in [-0.2, 0) is 14.0 Å². The Morgan fingerprint density at radius 1 is 0.500 bits per heavy atom. The number of hydrogen-bond donors (Lipinski definition) is 0. The molecule has 0 aliphatic carbocycles.